The quantitative estimate of drug-likeness (QED) is 0.401. The monoisotopic (exact) mass is 338 g/mol. The van der Waals surface area contributed by atoms with Gasteiger partial charge >= 0.3 is 0 Å². The second-order valence-corrected chi connectivity index (χ2v) is 7.01. The zero-order chi connectivity index (χ0) is 17.2. The number of hydrogen-bond acceptors (Lipinski definition) is 3. The largest absolute Gasteiger partial charge is 0.381 e. The Bertz CT molecular complexity index is 404. The van der Waals surface area contributed by atoms with Gasteiger partial charge in [-0.05, 0) is 44.4 Å². The number of amides is 1. The van der Waals surface area contributed by atoms with Gasteiger partial charge in [0.2, 0.25) is 5.91 Å². The fourth-order valence-corrected chi connectivity index (χ4v) is 3.22. The SMILES string of the molecule is CN=C(NCCCNC(=O)C1CCC1)N(C)CCC1CCOCC1. The van der Waals surface area contributed by atoms with E-state index >= 15 is 0 Å². The molecule has 0 bridgehead atoms. The zero-order valence-corrected chi connectivity index (χ0v) is 15.4. The van der Waals surface area contributed by atoms with Gasteiger partial charge in [-0.2, -0.15) is 0 Å². The number of guanidine groups is 1. The van der Waals surface area contributed by atoms with Gasteiger partial charge in [0.1, 0.15) is 0 Å². The second kappa shape index (κ2) is 10.5. The van der Waals surface area contributed by atoms with Gasteiger partial charge in [0, 0.05) is 52.9 Å². The van der Waals surface area contributed by atoms with Crippen LogP contribution in [0, 0.1) is 11.8 Å². The molecule has 6 nitrogen and oxygen atoms in total. The molecule has 0 atom stereocenters. The van der Waals surface area contributed by atoms with Crippen molar-refractivity contribution in [3.63, 3.8) is 0 Å². The van der Waals surface area contributed by atoms with E-state index in [1.54, 1.807) is 0 Å². The summed E-state index contributed by atoms with van der Waals surface area (Å²) in [5.74, 6) is 2.23. The molecule has 0 unspecified atom stereocenters. The van der Waals surface area contributed by atoms with Crippen LogP contribution in [0.5, 0.6) is 0 Å². The average Bonchev–Trinajstić information content (AvgIpc) is 2.55. The highest BCUT2D eigenvalue weighted by molar-refractivity contribution is 5.80. The molecule has 1 aliphatic heterocycles. The van der Waals surface area contributed by atoms with E-state index in [1.165, 1.54) is 25.7 Å². The molecule has 2 N–H and O–H groups in total. The Morgan fingerprint density at radius 3 is 2.50 bits per heavy atom. The molecule has 0 radical (unpaired) electrons. The molecule has 1 aliphatic carbocycles. The third-order valence-corrected chi connectivity index (χ3v) is 5.20. The van der Waals surface area contributed by atoms with Crippen molar-refractivity contribution in [3.8, 4) is 0 Å². The van der Waals surface area contributed by atoms with Gasteiger partial charge in [-0.25, -0.2) is 0 Å². The van der Waals surface area contributed by atoms with Crippen LogP contribution in [0.25, 0.3) is 0 Å². The minimum Gasteiger partial charge on any atom is -0.381 e. The van der Waals surface area contributed by atoms with Gasteiger partial charge in [0.25, 0.3) is 0 Å². The summed E-state index contributed by atoms with van der Waals surface area (Å²) in [6.45, 7) is 4.41. The molecule has 1 amide bonds. The number of nitrogens with one attached hydrogen (secondary N) is 2. The molecule has 2 aliphatic rings. The van der Waals surface area contributed by atoms with E-state index in [0.717, 1.165) is 64.0 Å². The van der Waals surface area contributed by atoms with Crippen LogP contribution in [0.3, 0.4) is 0 Å². The van der Waals surface area contributed by atoms with Gasteiger partial charge in [-0.3, -0.25) is 9.79 Å². The minimum atomic E-state index is 0.235. The van der Waals surface area contributed by atoms with E-state index in [-0.39, 0.29) is 11.8 Å². The van der Waals surface area contributed by atoms with E-state index in [9.17, 15) is 4.79 Å². The van der Waals surface area contributed by atoms with Gasteiger partial charge in [0.15, 0.2) is 5.96 Å². The first-order chi connectivity index (χ1) is 11.7. The van der Waals surface area contributed by atoms with Gasteiger partial charge in [-0.1, -0.05) is 6.42 Å². The first-order valence-electron chi connectivity index (χ1n) is 9.48. The Morgan fingerprint density at radius 2 is 1.88 bits per heavy atom. The lowest BCUT2D eigenvalue weighted by Gasteiger charge is -2.27. The molecule has 24 heavy (non-hydrogen) atoms. The van der Waals surface area contributed by atoms with Crippen molar-refractivity contribution < 1.29 is 9.53 Å². The molecule has 138 valence electrons. The minimum absolute atomic E-state index is 0.235. The molecule has 0 spiro atoms. The van der Waals surface area contributed by atoms with Crippen LogP contribution in [0.1, 0.15) is 44.9 Å². The van der Waals surface area contributed by atoms with Crippen LogP contribution in [-0.4, -0.2) is 63.7 Å². The molecular weight excluding hydrogens is 304 g/mol. The number of ether oxygens (including phenoxy) is 1. The van der Waals surface area contributed by atoms with Crippen LogP contribution in [0.15, 0.2) is 4.99 Å². The number of nitrogens with zero attached hydrogens (tertiary/aromatic N) is 2. The Labute approximate surface area is 146 Å². The molecule has 0 aromatic heterocycles. The third kappa shape index (κ3) is 6.30. The van der Waals surface area contributed by atoms with E-state index in [2.05, 4.69) is 27.6 Å². The summed E-state index contributed by atoms with van der Waals surface area (Å²) in [4.78, 5) is 18.3. The first-order valence-corrected chi connectivity index (χ1v) is 9.48. The highest BCUT2D eigenvalue weighted by Crippen LogP contribution is 2.26. The summed E-state index contributed by atoms with van der Waals surface area (Å²) in [6.07, 6.45) is 7.81. The fraction of sp³-hybridized carbons (Fsp3) is 0.889. The van der Waals surface area contributed by atoms with Crippen LogP contribution >= 0.6 is 0 Å². The van der Waals surface area contributed by atoms with Crippen molar-refractivity contribution in [1.29, 1.82) is 0 Å². The number of hydrogen-bond donors (Lipinski definition) is 2. The predicted octanol–water partition coefficient (Wildman–Crippen LogP) is 1.62. The summed E-state index contributed by atoms with van der Waals surface area (Å²) < 4.78 is 5.41. The smallest absolute Gasteiger partial charge is 0.223 e. The summed E-state index contributed by atoms with van der Waals surface area (Å²) in [5.41, 5.74) is 0. The molecule has 2 fully saturated rings. The molecule has 1 saturated heterocycles. The van der Waals surface area contributed by atoms with Gasteiger partial charge < -0.3 is 20.3 Å². The lowest BCUT2D eigenvalue weighted by Crippen LogP contribution is -2.41. The molecule has 0 aromatic carbocycles. The third-order valence-electron chi connectivity index (χ3n) is 5.20. The number of aliphatic imine (C=N–C) groups is 1. The molecule has 1 saturated carbocycles. The second-order valence-electron chi connectivity index (χ2n) is 7.01. The van der Waals surface area contributed by atoms with Gasteiger partial charge in [-0.15, -0.1) is 0 Å². The molecule has 1 heterocycles. The molecular formula is C18H34N4O2. The standard InChI is InChI=1S/C18H34N4O2/c1-19-18(22(2)12-7-15-8-13-24-14-9-15)21-11-4-10-20-17(23)16-5-3-6-16/h15-16H,3-14H2,1-2H3,(H,19,21)(H,20,23). The van der Waals surface area contributed by atoms with Crippen molar-refractivity contribution in [3.05, 3.63) is 0 Å². The van der Waals surface area contributed by atoms with Crippen molar-refractivity contribution in [1.82, 2.24) is 15.5 Å². The van der Waals surface area contributed by atoms with E-state index in [1.807, 2.05) is 7.05 Å². The maximum Gasteiger partial charge on any atom is 0.223 e. The Hall–Kier alpha value is -1.30. The molecule has 0 aromatic rings. The van der Waals surface area contributed by atoms with Crippen molar-refractivity contribution in [2.75, 3.05) is 46.9 Å². The van der Waals surface area contributed by atoms with E-state index < -0.39 is 0 Å². The summed E-state index contributed by atoms with van der Waals surface area (Å²) >= 11 is 0. The fourth-order valence-electron chi connectivity index (χ4n) is 3.22. The van der Waals surface area contributed by atoms with Crippen molar-refractivity contribution in [2.45, 2.75) is 44.9 Å². The maximum absolute atomic E-state index is 11.7. The zero-order valence-electron chi connectivity index (χ0n) is 15.4. The Balaban J connectivity index is 1.54. The highest BCUT2D eigenvalue weighted by atomic mass is 16.5. The lowest BCUT2D eigenvalue weighted by molar-refractivity contribution is -0.127. The molecule has 2 rings (SSSR count). The molecule has 6 heteroatoms. The topological polar surface area (TPSA) is 66.0 Å². The van der Waals surface area contributed by atoms with Crippen molar-refractivity contribution >= 4 is 11.9 Å². The summed E-state index contributed by atoms with van der Waals surface area (Å²) in [6, 6.07) is 0. The lowest BCUT2D eigenvalue weighted by atomic mass is 9.85. The Kier molecular flexibility index (Phi) is 8.36. The van der Waals surface area contributed by atoms with Crippen LogP contribution in [0.4, 0.5) is 0 Å². The van der Waals surface area contributed by atoms with Gasteiger partial charge in [0.05, 0.1) is 0 Å². The average molecular weight is 338 g/mol. The van der Waals surface area contributed by atoms with Crippen LogP contribution in [0.2, 0.25) is 0 Å². The normalized spacial score (nSPS) is 19.7. The summed E-state index contributed by atoms with van der Waals surface area (Å²) in [5, 5.41) is 6.42. The van der Waals surface area contributed by atoms with E-state index in [0.29, 0.717) is 0 Å². The van der Waals surface area contributed by atoms with Crippen molar-refractivity contribution in [2.24, 2.45) is 16.8 Å². The first kappa shape index (κ1) is 19.0. The number of rotatable bonds is 8. The Morgan fingerprint density at radius 1 is 1.17 bits per heavy atom. The maximum atomic E-state index is 11.7. The van der Waals surface area contributed by atoms with Crippen LogP contribution in [-0.2, 0) is 9.53 Å². The van der Waals surface area contributed by atoms with Crippen LogP contribution < -0.4 is 10.6 Å². The summed E-state index contributed by atoms with van der Waals surface area (Å²) in [7, 11) is 3.92. The highest BCUT2D eigenvalue weighted by Gasteiger charge is 2.24. The predicted molar refractivity (Wildman–Crippen MR) is 97.1 cm³/mol. The number of carbonyl (C=O) groups excluding carboxylic acids is 1. The van der Waals surface area contributed by atoms with E-state index in [4.69, 9.17) is 4.74 Å². The number of carbonyl (C=O) groups is 1.